The van der Waals surface area contributed by atoms with Crippen molar-refractivity contribution >= 4 is 93.3 Å². The Morgan fingerprint density at radius 1 is 0.286 bits per heavy atom. The first-order chi connectivity index (χ1) is 31.2. The molecule has 0 unspecified atom stereocenters. The van der Waals surface area contributed by atoms with Crippen molar-refractivity contribution in [2.24, 2.45) is 0 Å². The van der Waals surface area contributed by atoms with Crippen LogP contribution in [0.5, 0.6) is 0 Å². The van der Waals surface area contributed by atoms with Crippen molar-refractivity contribution in [1.82, 2.24) is 0 Å². The standard InChI is InChI=1S/C60H37NO2/c1-4-16-45-38(13-1)31-36-46(58(45)54-24-12-23-53-51-20-8-10-26-57(51)63-60(53)54)39-27-32-42(33-28-39)61(55-37-41-14-2-3-15-44(41)48-17-5-6-18-49(48)55)43-34-29-40(30-35-43)47-21-11-22-52-50-19-7-9-25-56(50)62-59(47)52/h1-37H. The van der Waals surface area contributed by atoms with Crippen LogP contribution in [0.2, 0.25) is 0 Å². The summed E-state index contributed by atoms with van der Waals surface area (Å²) < 4.78 is 13.1. The van der Waals surface area contributed by atoms with Crippen LogP contribution in [-0.4, -0.2) is 0 Å². The SMILES string of the molecule is c1ccc2c(-c3cccc4c3oc3ccccc34)c(-c3ccc(N(c4ccc(-c5cccc6c5oc5ccccc56)cc4)c4cc5ccccc5c5ccccc45)cc3)ccc2c1. The minimum Gasteiger partial charge on any atom is -0.455 e. The summed E-state index contributed by atoms with van der Waals surface area (Å²) in [7, 11) is 0. The van der Waals surface area contributed by atoms with Crippen molar-refractivity contribution < 1.29 is 8.83 Å². The van der Waals surface area contributed by atoms with Gasteiger partial charge in [0.25, 0.3) is 0 Å². The Hall–Kier alpha value is -8.40. The van der Waals surface area contributed by atoms with Gasteiger partial charge in [-0.3, -0.25) is 0 Å². The molecule has 0 radical (unpaired) electrons. The number of para-hydroxylation sites is 4. The first kappa shape index (κ1) is 35.4. The molecule has 2 aromatic heterocycles. The second-order valence-corrected chi connectivity index (χ2v) is 16.4. The van der Waals surface area contributed by atoms with Crippen LogP contribution in [-0.2, 0) is 0 Å². The summed E-state index contributed by atoms with van der Waals surface area (Å²) in [6.07, 6.45) is 0. The van der Waals surface area contributed by atoms with Crippen LogP contribution in [0.1, 0.15) is 0 Å². The Morgan fingerprint density at radius 2 is 0.762 bits per heavy atom. The van der Waals surface area contributed by atoms with Crippen LogP contribution < -0.4 is 4.90 Å². The van der Waals surface area contributed by atoms with E-state index in [1.165, 1.54) is 32.3 Å². The first-order valence-electron chi connectivity index (χ1n) is 21.5. The maximum absolute atomic E-state index is 6.65. The highest BCUT2D eigenvalue weighted by molar-refractivity contribution is 6.16. The van der Waals surface area contributed by atoms with Crippen molar-refractivity contribution in [3.05, 3.63) is 224 Å². The molecule has 63 heavy (non-hydrogen) atoms. The van der Waals surface area contributed by atoms with E-state index in [9.17, 15) is 0 Å². The molecule has 3 nitrogen and oxygen atoms in total. The van der Waals surface area contributed by atoms with E-state index in [-0.39, 0.29) is 0 Å². The van der Waals surface area contributed by atoms with Gasteiger partial charge in [-0.2, -0.15) is 0 Å². The van der Waals surface area contributed by atoms with Crippen molar-refractivity contribution in [3.8, 4) is 33.4 Å². The Kier molecular flexibility index (Phi) is 7.91. The molecule has 0 saturated carbocycles. The summed E-state index contributed by atoms with van der Waals surface area (Å²) in [6.45, 7) is 0. The predicted molar refractivity (Wildman–Crippen MR) is 265 cm³/mol. The van der Waals surface area contributed by atoms with E-state index in [2.05, 4.69) is 211 Å². The zero-order valence-electron chi connectivity index (χ0n) is 34.1. The van der Waals surface area contributed by atoms with Crippen LogP contribution in [0.25, 0.3) is 110 Å². The number of rotatable bonds is 6. The summed E-state index contributed by atoms with van der Waals surface area (Å²) in [4.78, 5) is 2.40. The molecule has 13 rings (SSSR count). The fraction of sp³-hybridized carbons (Fsp3) is 0. The van der Waals surface area contributed by atoms with Gasteiger partial charge in [-0.25, -0.2) is 0 Å². The van der Waals surface area contributed by atoms with Gasteiger partial charge in [0, 0.05) is 55.0 Å². The average Bonchev–Trinajstić information content (AvgIpc) is 3.93. The van der Waals surface area contributed by atoms with Crippen LogP contribution in [0, 0.1) is 0 Å². The van der Waals surface area contributed by atoms with Gasteiger partial charge in [0.2, 0.25) is 0 Å². The van der Waals surface area contributed by atoms with Gasteiger partial charge in [-0.1, -0.05) is 182 Å². The van der Waals surface area contributed by atoms with E-state index >= 15 is 0 Å². The van der Waals surface area contributed by atoms with Crippen LogP contribution in [0.3, 0.4) is 0 Å². The van der Waals surface area contributed by atoms with Gasteiger partial charge in [0.1, 0.15) is 22.3 Å². The number of hydrogen-bond donors (Lipinski definition) is 0. The number of furan rings is 2. The molecule has 0 aliphatic heterocycles. The van der Waals surface area contributed by atoms with Crippen LogP contribution in [0.15, 0.2) is 233 Å². The summed E-state index contributed by atoms with van der Waals surface area (Å²) in [6, 6.07) is 80.5. The molecule has 0 spiro atoms. The summed E-state index contributed by atoms with van der Waals surface area (Å²) in [5, 5.41) is 11.7. The third-order valence-electron chi connectivity index (χ3n) is 12.9. The Bertz CT molecular complexity index is 3910. The fourth-order valence-corrected chi connectivity index (χ4v) is 9.95. The highest BCUT2D eigenvalue weighted by Crippen LogP contribution is 2.46. The highest BCUT2D eigenvalue weighted by atomic mass is 16.3. The number of fused-ring (bicyclic) bond motifs is 10. The van der Waals surface area contributed by atoms with E-state index in [0.29, 0.717) is 0 Å². The lowest BCUT2D eigenvalue weighted by atomic mass is 9.89. The normalized spacial score (nSPS) is 11.8. The molecular formula is C60H37NO2. The molecule has 11 aromatic carbocycles. The molecule has 2 heterocycles. The lowest BCUT2D eigenvalue weighted by Gasteiger charge is -2.28. The molecule has 13 aromatic rings. The second-order valence-electron chi connectivity index (χ2n) is 16.4. The predicted octanol–water partition coefficient (Wildman–Crippen LogP) is 17.4. The molecule has 0 bridgehead atoms. The van der Waals surface area contributed by atoms with Crippen molar-refractivity contribution in [2.45, 2.75) is 0 Å². The third-order valence-corrected chi connectivity index (χ3v) is 12.9. The first-order valence-corrected chi connectivity index (χ1v) is 21.5. The zero-order valence-corrected chi connectivity index (χ0v) is 34.1. The molecule has 0 saturated heterocycles. The second kappa shape index (κ2) is 14.1. The summed E-state index contributed by atoms with van der Waals surface area (Å²) in [5.74, 6) is 0. The number of benzene rings is 11. The molecule has 0 amide bonds. The van der Waals surface area contributed by atoms with Crippen LogP contribution >= 0.6 is 0 Å². The quantitative estimate of drug-likeness (QED) is 0.157. The lowest BCUT2D eigenvalue weighted by Crippen LogP contribution is -2.10. The monoisotopic (exact) mass is 803 g/mol. The zero-order chi connectivity index (χ0) is 41.4. The minimum atomic E-state index is 0.895. The van der Waals surface area contributed by atoms with Crippen molar-refractivity contribution in [1.29, 1.82) is 0 Å². The smallest absolute Gasteiger partial charge is 0.143 e. The van der Waals surface area contributed by atoms with Crippen LogP contribution in [0.4, 0.5) is 17.1 Å². The number of nitrogens with zero attached hydrogens (tertiary/aromatic N) is 1. The molecule has 0 atom stereocenters. The topological polar surface area (TPSA) is 29.5 Å². The highest BCUT2D eigenvalue weighted by Gasteiger charge is 2.21. The minimum absolute atomic E-state index is 0.895. The van der Waals surface area contributed by atoms with Gasteiger partial charge in [-0.05, 0) is 86.1 Å². The summed E-state index contributed by atoms with van der Waals surface area (Å²) in [5.41, 5.74) is 13.6. The van der Waals surface area contributed by atoms with E-state index in [1.54, 1.807) is 0 Å². The molecule has 3 heteroatoms. The summed E-state index contributed by atoms with van der Waals surface area (Å²) >= 11 is 0. The number of hydrogen-bond acceptors (Lipinski definition) is 3. The van der Waals surface area contributed by atoms with E-state index < -0.39 is 0 Å². The van der Waals surface area contributed by atoms with Gasteiger partial charge in [0.15, 0.2) is 0 Å². The lowest BCUT2D eigenvalue weighted by molar-refractivity contribution is 0.669. The molecule has 0 N–H and O–H groups in total. The van der Waals surface area contributed by atoms with Gasteiger partial charge >= 0.3 is 0 Å². The Balaban J connectivity index is 0.984. The third kappa shape index (κ3) is 5.60. The number of anilines is 3. The molecule has 0 aliphatic carbocycles. The molecule has 294 valence electrons. The molecule has 0 fully saturated rings. The Labute approximate surface area is 363 Å². The van der Waals surface area contributed by atoms with E-state index in [4.69, 9.17) is 8.83 Å². The van der Waals surface area contributed by atoms with Crippen molar-refractivity contribution in [3.63, 3.8) is 0 Å². The maximum Gasteiger partial charge on any atom is 0.143 e. The fourth-order valence-electron chi connectivity index (χ4n) is 9.95. The van der Waals surface area contributed by atoms with Crippen molar-refractivity contribution in [2.75, 3.05) is 4.90 Å². The van der Waals surface area contributed by atoms with Gasteiger partial charge < -0.3 is 13.7 Å². The van der Waals surface area contributed by atoms with E-state index in [1.807, 2.05) is 18.2 Å². The average molecular weight is 804 g/mol. The maximum atomic E-state index is 6.65. The van der Waals surface area contributed by atoms with E-state index in [0.717, 1.165) is 94.3 Å². The van der Waals surface area contributed by atoms with Gasteiger partial charge in [-0.15, -0.1) is 0 Å². The molecule has 0 aliphatic rings. The Morgan fingerprint density at radius 3 is 1.41 bits per heavy atom. The van der Waals surface area contributed by atoms with Gasteiger partial charge in [0.05, 0.1) is 5.69 Å². The molecular weight excluding hydrogens is 767 g/mol. The largest absolute Gasteiger partial charge is 0.455 e.